The summed E-state index contributed by atoms with van der Waals surface area (Å²) in [6, 6.07) is 9.39. The molecule has 0 spiro atoms. The van der Waals surface area contributed by atoms with Gasteiger partial charge in [0.2, 0.25) is 0 Å². The summed E-state index contributed by atoms with van der Waals surface area (Å²) in [5, 5.41) is 0.323. The Morgan fingerprint density at radius 1 is 1.20 bits per heavy atom. The molecule has 0 amide bonds. The van der Waals surface area contributed by atoms with Gasteiger partial charge in [-0.05, 0) is 48.9 Å². The molecule has 106 valence electrons. The van der Waals surface area contributed by atoms with E-state index in [4.69, 9.17) is 17.3 Å². The average molecular weight is 376 g/mol. The van der Waals surface area contributed by atoms with Crippen LogP contribution in [0.4, 0.5) is 11.4 Å². The Hall–Kier alpha value is -1.24. The maximum atomic E-state index is 12.2. The fourth-order valence-corrected chi connectivity index (χ4v) is 3.06. The number of nitrogen functional groups attached to an aromatic ring is 1. The van der Waals surface area contributed by atoms with Gasteiger partial charge in [-0.3, -0.25) is 4.72 Å². The van der Waals surface area contributed by atoms with Gasteiger partial charge in [-0.1, -0.05) is 27.5 Å². The van der Waals surface area contributed by atoms with Crippen LogP contribution in [0.3, 0.4) is 0 Å². The van der Waals surface area contributed by atoms with Crippen LogP contribution in [0, 0.1) is 6.92 Å². The number of benzene rings is 2. The highest BCUT2D eigenvalue weighted by atomic mass is 79.9. The summed E-state index contributed by atoms with van der Waals surface area (Å²) in [4.78, 5) is 0.0694. The molecule has 3 N–H and O–H groups in total. The zero-order valence-corrected chi connectivity index (χ0v) is 13.7. The van der Waals surface area contributed by atoms with E-state index >= 15 is 0 Å². The van der Waals surface area contributed by atoms with Gasteiger partial charge in [0.15, 0.2) is 0 Å². The number of nitrogens with two attached hydrogens (primary N) is 1. The van der Waals surface area contributed by atoms with Gasteiger partial charge in [-0.15, -0.1) is 0 Å². The van der Waals surface area contributed by atoms with Crippen molar-refractivity contribution in [1.82, 2.24) is 0 Å². The van der Waals surface area contributed by atoms with Crippen molar-refractivity contribution in [2.45, 2.75) is 11.8 Å². The number of rotatable bonds is 3. The molecule has 0 fully saturated rings. The fourth-order valence-electron chi connectivity index (χ4n) is 1.61. The van der Waals surface area contributed by atoms with Gasteiger partial charge < -0.3 is 5.73 Å². The summed E-state index contributed by atoms with van der Waals surface area (Å²) in [5.41, 5.74) is 7.26. The van der Waals surface area contributed by atoms with E-state index in [2.05, 4.69) is 20.7 Å². The van der Waals surface area contributed by atoms with Crippen molar-refractivity contribution < 1.29 is 8.42 Å². The molecule has 0 saturated carbocycles. The lowest BCUT2D eigenvalue weighted by molar-refractivity contribution is 0.601. The first-order valence-electron chi connectivity index (χ1n) is 5.63. The minimum Gasteiger partial charge on any atom is -0.397 e. The van der Waals surface area contributed by atoms with Crippen molar-refractivity contribution in [2.75, 3.05) is 10.5 Å². The molecule has 2 rings (SSSR count). The predicted molar refractivity (Wildman–Crippen MR) is 85.6 cm³/mol. The standard InChI is InChI=1S/C13H12BrClN2O2S/c1-8-6-9(2-4-11(8)14)17-20(18,19)10-3-5-12(15)13(16)7-10/h2-7,17H,16H2,1H3. The first kappa shape index (κ1) is 15.2. The highest BCUT2D eigenvalue weighted by molar-refractivity contribution is 9.10. The first-order chi connectivity index (χ1) is 9.29. The molecular formula is C13H12BrClN2O2S. The van der Waals surface area contributed by atoms with Gasteiger partial charge in [-0.2, -0.15) is 0 Å². The van der Waals surface area contributed by atoms with E-state index in [1.807, 2.05) is 6.92 Å². The van der Waals surface area contributed by atoms with Gasteiger partial charge in [0, 0.05) is 10.2 Å². The third kappa shape index (κ3) is 3.26. The number of nitrogens with one attached hydrogen (secondary N) is 1. The lowest BCUT2D eigenvalue weighted by Crippen LogP contribution is -2.13. The Labute approximate surface area is 131 Å². The van der Waals surface area contributed by atoms with Gasteiger partial charge in [-0.25, -0.2) is 8.42 Å². The molecule has 0 aliphatic carbocycles. The third-order valence-corrected chi connectivity index (χ3v) is 5.30. The van der Waals surface area contributed by atoms with Crippen molar-refractivity contribution >= 4 is 48.9 Å². The van der Waals surface area contributed by atoms with E-state index in [1.54, 1.807) is 18.2 Å². The van der Waals surface area contributed by atoms with Crippen LogP contribution in [0.25, 0.3) is 0 Å². The molecule has 0 aliphatic heterocycles. The van der Waals surface area contributed by atoms with Crippen LogP contribution in [0.1, 0.15) is 5.56 Å². The minimum atomic E-state index is -3.69. The highest BCUT2D eigenvalue weighted by Crippen LogP contribution is 2.25. The Balaban J connectivity index is 2.35. The monoisotopic (exact) mass is 374 g/mol. The summed E-state index contributed by atoms with van der Waals surface area (Å²) >= 11 is 9.15. The summed E-state index contributed by atoms with van der Waals surface area (Å²) in [5.74, 6) is 0. The number of hydrogen-bond acceptors (Lipinski definition) is 3. The Kier molecular flexibility index (Phi) is 4.27. The van der Waals surface area contributed by atoms with E-state index in [9.17, 15) is 8.42 Å². The van der Waals surface area contributed by atoms with Crippen LogP contribution in [-0.4, -0.2) is 8.42 Å². The Bertz CT molecular complexity index is 763. The largest absolute Gasteiger partial charge is 0.397 e. The van der Waals surface area contributed by atoms with E-state index in [1.165, 1.54) is 18.2 Å². The molecule has 0 atom stereocenters. The molecule has 20 heavy (non-hydrogen) atoms. The van der Waals surface area contributed by atoms with Crippen LogP contribution in [0.15, 0.2) is 45.8 Å². The molecule has 0 aromatic heterocycles. The second kappa shape index (κ2) is 5.63. The van der Waals surface area contributed by atoms with E-state index in [-0.39, 0.29) is 10.6 Å². The molecule has 2 aromatic rings. The fraction of sp³-hybridized carbons (Fsp3) is 0.0769. The van der Waals surface area contributed by atoms with Gasteiger partial charge >= 0.3 is 0 Å². The normalized spacial score (nSPS) is 11.3. The number of hydrogen-bond donors (Lipinski definition) is 2. The predicted octanol–water partition coefficient (Wildman–Crippen LogP) is 3.79. The second-order valence-corrected chi connectivity index (χ2v) is 7.20. The minimum absolute atomic E-state index is 0.0694. The van der Waals surface area contributed by atoms with Crippen molar-refractivity contribution in [3.63, 3.8) is 0 Å². The van der Waals surface area contributed by atoms with Crippen molar-refractivity contribution in [1.29, 1.82) is 0 Å². The Morgan fingerprint density at radius 2 is 1.90 bits per heavy atom. The lowest BCUT2D eigenvalue weighted by Gasteiger charge is -2.10. The number of halogens is 2. The maximum Gasteiger partial charge on any atom is 0.261 e. The molecule has 7 heteroatoms. The van der Waals surface area contributed by atoms with Gasteiger partial charge in [0.25, 0.3) is 10.0 Å². The van der Waals surface area contributed by atoms with Gasteiger partial charge in [0.05, 0.1) is 15.6 Å². The zero-order chi connectivity index (χ0) is 14.9. The summed E-state index contributed by atoms with van der Waals surface area (Å²) in [6.45, 7) is 1.88. The lowest BCUT2D eigenvalue weighted by atomic mass is 10.2. The molecule has 4 nitrogen and oxygen atoms in total. The van der Waals surface area contributed by atoms with E-state index < -0.39 is 10.0 Å². The number of aryl methyl sites for hydroxylation is 1. The van der Waals surface area contributed by atoms with E-state index in [0.29, 0.717) is 10.7 Å². The summed E-state index contributed by atoms with van der Waals surface area (Å²) in [6.07, 6.45) is 0. The smallest absolute Gasteiger partial charge is 0.261 e. The molecule has 0 bridgehead atoms. The van der Waals surface area contributed by atoms with Crippen molar-refractivity contribution in [3.05, 3.63) is 51.5 Å². The quantitative estimate of drug-likeness (QED) is 0.802. The van der Waals surface area contributed by atoms with Crippen LogP contribution in [-0.2, 0) is 10.0 Å². The zero-order valence-electron chi connectivity index (χ0n) is 10.5. The molecule has 0 saturated heterocycles. The molecule has 0 heterocycles. The second-order valence-electron chi connectivity index (χ2n) is 4.25. The summed E-state index contributed by atoms with van der Waals surface area (Å²) < 4.78 is 27.9. The maximum absolute atomic E-state index is 12.2. The number of sulfonamides is 1. The van der Waals surface area contributed by atoms with Gasteiger partial charge in [0.1, 0.15) is 0 Å². The third-order valence-electron chi connectivity index (χ3n) is 2.69. The van der Waals surface area contributed by atoms with E-state index in [0.717, 1.165) is 10.0 Å². The van der Waals surface area contributed by atoms with Crippen LogP contribution in [0.2, 0.25) is 5.02 Å². The number of anilines is 2. The molecule has 0 radical (unpaired) electrons. The molecular weight excluding hydrogens is 364 g/mol. The average Bonchev–Trinajstić information content (AvgIpc) is 2.37. The highest BCUT2D eigenvalue weighted by Gasteiger charge is 2.15. The topological polar surface area (TPSA) is 72.2 Å². The van der Waals surface area contributed by atoms with Crippen LogP contribution in [0.5, 0.6) is 0 Å². The van der Waals surface area contributed by atoms with Crippen LogP contribution >= 0.6 is 27.5 Å². The first-order valence-corrected chi connectivity index (χ1v) is 8.29. The molecule has 0 aliphatic rings. The van der Waals surface area contributed by atoms with Crippen LogP contribution < -0.4 is 10.5 Å². The van der Waals surface area contributed by atoms with Crippen molar-refractivity contribution in [2.24, 2.45) is 0 Å². The molecule has 0 unspecified atom stereocenters. The summed E-state index contributed by atoms with van der Waals surface area (Å²) in [7, 11) is -3.69. The van der Waals surface area contributed by atoms with Crippen molar-refractivity contribution in [3.8, 4) is 0 Å². The SMILES string of the molecule is Cc1cc(NS(=O)(=O)c2ccc(Cl)c(N)c2)ccc1Br. The Morgan fingerprint density at radius 3 is 2.50 bits per heavy atom. The molecule has 2 aromatic carbocycles.